The van der Waals surface area contributed by atoms with Gasteiger partial charge in [0.1, 0.15) is 0 Å². The summed E-state index contributed by atoms with van der Waals surface area (Å²) in [5.41, 5.74) is -0.421. The second-order valence-electron chi connectivity index (χ2n) is 5.11. The van der Waals surface area contributed by atoms with Crippen molar-refractivity contribution >= 4 is 0 Å². The zero-order valence-electron chi connectivity index (χ0n) is 9.34. The second kappa shape index (κ2) is 4.45. The van der Waals surface area contributed by atoms with Gasteiger partial charge in [0.15, 0.2) is 0 Å². The largest absolute Gasteiger partial charge is 0.390 e. The van der Waals surface area contributed by atoms with Gasteiger partial charge in [-0.15, -0.1) is 0 Å². The van der Waals surface area contributed by atoms with Crippen molar-refractivity contribution in [3.05, 3.63) is 0 Å². The molecule has 1 N–H and O–H groups in total. The highest BCUT2D eigenvalue weighted by Crippen LogP contribution is 2.48. The first-order chi connectivity index (χ1) is 6.05. The first kappa shape index (κ1) is 11.0. The summed E-state index contributed by atoms with van der Waals surface area (Å²) in [5, 5.41) is 9.73. The van der Waals surface area contributed by atoms with Gasteiger partial charge in [0.2, 0.25) is 0 Å². The monoisotopic (exact) mass is 184 g/mol. The van der Waals surface area contributed by atoms with E-state index in [1.165, 1.54) is 38.5 Å². The van der Waals surface area contributed by atoms with Crippen LogP contribution in [0.2, 0.25) is 0 Å². The fourth-order valence-corrected chi connectivity index (χ4v) is 2.27. The molecule has 0 aromatic rings. The lowest BCUT2D eigenvalue weighted by Gasteiger charge is -2.16. The number of hydrogen-bond donors (Lipinski definition) is 1. The van der Waals surface area contributed by atoms with Gasteiger partial charge in [0.05, 0.1) is 5.60 Å². The normalized spacial score (nSPS) is 27.7. The number of rotatable bonds is 6. The molecule has 1 heteroatoms. The lowest BCUT2D eigenvalue weighted by Crippen LogP contribution is -2.22. The molecule has 78 valence electrons. The maximum atomic E-state index is 9.73. The van der Waals surface area contributed by atoms with E-state index in [2.05, 4.69) is 6.92 Å². The van der Waals surface area contributed by atoms with Crippen LogP contribution in [0, 0.1) is 11.8 Å². The van der Waals surface area contributed by atoms with Crippen molar-refractivity contribution in [2.24, 2.45) is 11.8 Å². The van der Waals surface area contributed by atoms with Gasteiger partial charge >= 0.3 is 0 Å². The Morgan fingerprint density at radius 3 is 2.38 bits per heavy atom. The topological polar surface area (TPSA) is 20.2 Å². The minimum Gasteiger partial charge on any atom is -0.390 e. The van der Waals surface area contributed by atoms with Gasteiger partial charge in [0, 0.05) is 0 Å². The Hall–Kier alpha value is -0.0400. The fourth-order valence-electron chi connectivity index (χ4n) is 2.27. The number of hydrogen-bond acceptors (Lipinski definition) is 1. The summed E-state index contributed by atoms with van der Waals surface area (Å²) < 4.78 is 0. The second-order valence-corrected chi connectivity index (χ2v) is 5.11. The molecule has 0 radical (unpaired) electrons. The lowest BCUT2D eigenvalue weighted by molar-refractivity contribution is 0.0504. The molecule has 0 spiro atoms. The van der Waals surface area contributed by atoms with Crippen LogP contribution < -0.4 is 0 Å². The molecule has 0 heterocycles. The van der Waals surface area contributed by atoms with E-state index in [1.807, 2.05) is 13.8 Å². The summed E-state index contributed by atoms with van der Waals surface area (Å²) in [6.45, 7) is 6.14. The molecular formula is C12H24O. The quantitative estimate of drug-likeness (QED) is 0.627. The van der Waals surface area contributed by atoms with E-state index < -0.39 is 5.60 Å². The molecule has 0 amide bonds. The molecule has 0 saturated heterocycles. The Balaban J connectivity index is 2.01. The van der Waals surface area contributed by atoms with Gasteiger partial charge in [-0.2, -0.15) is 0 Å². The molecular weight excluding hydrogens is 160 g/mol. The summed E-state index contributed by atoms with van der Waals surface area (Å²) >= 11 is 0. The minimum absolute atomic E-state index is 0.421. The van der Waals surface area contributed by atoms with Crippen molar-refractivity contribution in [2.75, 3.05) is 0 Å². The van der Waals surface area contributed by atoms with Gasteiger partial charge < -0.3 is 5.11 Å². The lowest BCUT2D eigenvalue weighted by atomic mass is 9.99. The molecule has 13 heavy (non-hydrogen) atoms. The van der Waals surface area contributed by atoms with E-state index in [9.17, 15) is 5.11 Å². The smallest absolute Gasteiger partial charge is 0.0622 e. The highest BCUT2D eigenvalue weighted by Gasteiger charge is 2.45. The highest BCUT2D eigenvalue weighted by molar-refractivity contribution is 4.95. The molecule has 1 aliphatic rings. The zero-order valence-corrected chi connectivity index (χ0v) is 9.34. The van der Waals surface area contributed by atoms with Crippen molar-refractivity contribution < 1.29 is 5.11 Å². The zero-order chi connectivity index (χ0) is 9.90. The number of unbranched alkanes of at least 4 members (excludes halogenated alkanes) is 3. The molecule has 1 aliphatic carbocycles. The first-order valence-corrected chi connectivity index (χ1v) is 5.78. The van der Waals surface area contributed by atoms with E-state index in [4.69, 9.17) is 0 Å². The number of aliphatic hydroxyl groups is 1. The first-order valence-electron chi connectivity index (χ1n) is 5.78. The molecule has 0 aromatic carbocycles. The van der Waals surface area contributed by atoms with E-state index in [0.29, 0.717) is 5.92 Å². The Labute approximate surface area is 82.5 Å². The minimum atomic E-state index is -0.421. The average molecular weight is 184 g/mol. The van der Waals surface area contributed by atoms with Crippen molar-refractivity contribution in [1.29, 1.82) is 0 Å². The van der Waals surface area contributed by atoms with Crippen LogP contribution in [-0.4, -0.2) is 10.7 Å². The third-order valence-corrected chi connectivity index (χ3v) is 3.26. The van der Waals surface area contributed by atoms with Crippen LogP contribution in [0.15, 0.2) is 0 Å². The Kier molecular flexibility index (Phi) is 3.78. The molecule has 1 nitrogen and oxygen atoms in total. The molecule has 0 bridgehead atoms. The maximum absolute atomic E-state index is 9.73. The van der Waals surface area contributed by atoms with Crippen LogP contribution in [0.25, 0.3) is 0 Å². The highest BCUT2D eigenvalue weighted by atomic mass is 16.3. The van der Waals surface area contributed by atoms with E-state index in [1.54, 1.807) is 0 Å². The predicted molar refractivity (Wildman–Crippen MR) is 56.7 cm³/mol. The Morgan fingerprint density at radius 1 is 1.23 bits per heavy atom. The predicted octanol–water partition coefficient (Wildman–Crippen LogP) is 3.36. The molecule has 1 rings (SSSR count). The summed E-state index contributed by atoms with van der Waals surface area (Å²) in [6.07, 6.45) is 8.04. The molecule has 0 aliphatic heterocycles. The van der Waals surface area contributed by atoms with E-state index >= 15 is 0 Å². The van der Waals surface area contributed by atoms with Crippen LogP contribution in [0.4, 0.5) is 0 Å². The van der Waals surface area contributed by atoms with Crippen molar-refractivity contribution in [3.63, 3.8) is 0 Å². The van der Waals surface area contributed by atoms with Crippen LogP contribution in [0.1, 0.15) is 59.3 Å². The van der Waals surface area contributed by atoms with Crippen molar-refractivity contribution in [2.45, 2.75) is 64.9 Å². The Morgan fingerprint density at radius 2 is 1.92 bits per heavy atom. The van der Waals surface area contributed by atoms with Crippen LogP contribution in [0.5, 0.6) is 0 Å². The van der Waals surface area contributed by atoms with Gasteiger partial charge in [0.25, 0.3) is 0 Å². The van der Waals surface area contributed by atoms with Gasteiger partial charge in [-0.05, 0) is 32.1 Å². The fraction of sp³-hybridized carbons (Fsp3) is 1.00. The van der Waals surface area contributed by atoms with Gasteiger partial charge in [-0.1, -0.05) is 39.0 Å². The molecule has 1 saturated carbocycles. The molecule has 1 fully saturated rings. The van der Waals surface area contributed by atoms with Crippen molar-refractivity contribution in [3.8, 4) is 0 Å². The van der Waals surface area contributed by atoms with Crippen molar-refractivity contribution in [1.82, 2.24) is 0 Å². The van der Waals surface area contributed by atoms with Crippen LogP contribution in [0.3, 0.4) is 0 Å². The van der Waals surface area contributed by atoms with E-state index in [-0.39, 0.29) is 0 Å². The third-order valence-electron chi connectivity index (χ3n) is 3.26. The van der Waals surface area contributed by atoms with Gasteiger partial charge in [-0.3, -0.25) is 0 Å². The van der Waals surface area contributed by atoms with Crippen LogP contribution in [-0.2, 0) is 0 Å². The maximum Gasteiger partial charge on any atom is 0.0622 e. The average Bonchev–Trinajstić information content (AvgIpc) is 2.76. The summed E-state index contributed by atoms with van der Waals surface area (Å²) in [7, 11) is 0. The Bertz CT molecular complexity index is 146. The third kappa shape index (κ3) is 3.68. The van der Waals surface area contributed by atoms with Crippen LogP contribution >= 0.6 is 0 Å². The summed E-state index contributed by atoms with van der Waals surface area (Å²) in [4.78, 5) is 0. The molecule has 2 atom stereocenters. The molecule has 2 unspecified atom stereocenters. The summed E-state index contributed by atoms with van der Waals surface area (Å²) in [5.74, 6) is 1.42. The SMILES string of the molecule is CCCCCCC1CC1C(C)(C)O. The van der Waals surface area contributed by atoms with E-state index in [0.717, 1.165) is 5.92 Å². The molecule has 0 aromatic heterocycles. The standard InChI is InChI=1S/C12H24O/c1-4-5-6-7-8-10-9-11(10)12(2,3)13/h10-11,13H,4-9H2,1-3H3. The summed E-state index contributed by atoms with van der Waals surface area (Å²) in [6, 6.07) is 0. The van der Waals surface area contributed by atoms with Gasteiger partial charge in [-0.25, -0.2) is 0 Å².